The van der Waals surface area contributed by atoms with Crippen LogP contribution in [0.2, 0.25) is 0 Å². The van der Waals surface area contributed by atoms with E-state index in [2.05, 4.69) is 0 Å². The number of alkyl halides is 3. The summed E-state index contributed by atoms with van der Waals surface area (Å²) in [5.41, 5.74) is 1.25. The van der Waals surface area contributed by atoms with E-state index in [1.807, 2.05) is 6.92 Å². The van der Waals surface area contributed by atoms with Crippen LogP contribution in [0, 0.1) is 6.92 Å². The highest BCUT2D eigenvalue weighted by molar-refractivity contribution is 7.86. The van der Waals surface area contributed by atoms with Crippen LogP contribution in [-0.4, -0.2) is 21.1 Å². The van der Waals surface area contributed by atoms with Crippen molar-refractivity contribution in [3.05, 3.63) is 83.4 Å². The molecule has 31 heavy (non-hydrogen) atoms. The predicted molar refractivity (Wildman–Crippen MR) is 109 cm³/mol. The van der Waals surface area contributed by atoms with Crippen molar-refractivity contribution in [3.63, 3.8) is 0 Å². The van der Waals surface area contributed by atoms with Crippen LogP contribution in [0.15, 0.2) is 71.6 Å². The Kier molecular flexibility index (Phi) is 5.53. The molecule has 0 saturated carbocycles. The molecule has 162 valence electrons. The van der Waals surface area contributed by atoms with E-state index in [0.717, 1.165) is 11.6 Å². The van der Waals surface area contributed by atoms with Crippen molar-refractivity contribution >= 4 is 10.1 Å². The van der Waals surface area contributed by atoms with Crippen LogP contribution in [0.25, 0.3) is 11.1 Å². The lowest BCUT2D eigenvalue weighted by Crippen LogP contribution is -2.23. The van der Waals surface area contributed by atoms with Crippen LogP contribution >= 0.6 is 0 Å². The first kappa shape index (κ1) is 21.4. The summed E-state index contributed by atoms with van der Waals surface area (Å²) in [6, 6.07) is 16.5. The van der Waals surface area contributed by atoms with E-state index < -0.39 is 28.0 Å². The molecule has 1 aliphatic rings. The third-order valence-electron chi connectivity index (χ3n) is 5.10. The number of ether oxygens (including phenoxy) is 1. The standard InChI is InChI=1S/C23H19F3O4S/c1-15-9-11-17(12-10-15)31(27,28)29-14-16-13-20-18(6-4-8-22(20)30-16)19-5-2-3-7-21(19)23(24,25)26/h2-12,16H,13-14H2,1H3. The molecule has 0 aliphatic carbocycles. The van der Waals surface area contributed by atoms with Crippen molar-refractivity contribution in [1.29, 1.82) is 0 Å². The monoisotopic (exact) mass is 448 g/mol. The number of hydrogen-bond donors (Lipinski definition) is 0. The second kappa shape index (κ2) is 8.01. The molecule has 3 aromatic rings. The average molecular weight is 448 g/mol. The maximum Gasteiger partial charge on any atom is 0.417 e. The van der Waals surface area contributed by atoms with E-state index >= 15 is 0 Å². The van der Waals surface area contributed by atoms with E-state index in [-0.39, 0.29) is 23.5 Å². The van der Waals surface area contributed by atoms with Gasteiger partial charge in [0.05, 0.1) is 10.5 Å². The molecule has 0 saturated heterocycles. The first-order chi connectivity index (χ1) is 14.6. The summed E-state index contributed by atoms with van der Waals surface area (Å²) in [7, 11) is -3.97. The molecule has 8 heteroatoms. The smallest absolute Gasteiger partial charge is 0.417 e. The van der Waals surface area contributed by atoms with E-state index in [1.165, 1.54) is 24.3 Å². The Bertz CT molecular complexity index is 1200. The lowest BCUT2D eigenvalue weighted by Gasteiger charge is -2.14. The van der Waals surface area contributed by atoms with Crippen molar-refractivity contribution in [2.24, 2.45) is 0 Å². The second-order valence-electron chi connectivity index (χ2n) is 7.32. The summed E-state index contributed by atoms with van der Waals surface area (Å²) in [6.07, 6.45) is -4.89. The molecule has 0 radical (unpaired) electrons. The third-order valence-corrected chi connectivity index (χ3v) is 6.40. The van der Waals surface area contributed by atoms with Gasteiger partial charge in [-0.1, -0.05) is 48.0 Å². The first-order valence-corrected chi connectivity index (χ1v) is 11.0. The Morgan fingerprint density at radius 1 is 0.968 bits per heavy atom. The maximum absolute atomic E-state index is 13.5. The fraction of sp³-hybridized carbons (Fsp3) is 0.217. The van der Waals surface area contributed by atoms with Gasteiger partial charge in [-0.3, -0.25) is 4.18 Å². The number of benzene rings is 3. The minimum atomic E-state index is -4.50. The van der Waals surface area contributed by atoms with E-state index in [9.17, 15) is 21.6 Å². The van der Waals surface area contributed by atoms with Crippen LogP contribution in [-0.2, 0) is 26.9 Å². The zero-order chi connectivity index (χ0) is 22.2. The third kappa shape index (κ3) is 4.45. The highest BCUT2D eigenvalue weighted by atomic mass is 32.2. The molecule has 0 bridgehead atoms. The van der Waals surface area contributed by atoms with Gasteiger partial charge in [0.1, 0.15) is 18.5 Å². The first-order valence-electron chi connectivity index (χ1n) is 9.56. The molecule has 1 atom stereocenters. The summed E-state index contributed by atoms with van der Waals surface area (Å²) in [5.74, 6) is 0.427. The molecule has 0 N–H and O–H groups in total. The minimum Gasteiger partial charge on any atom is -0.487 e. The van der Waals surface area contributed by atoms with E-state index in [0.29, 0.717) is 16.9 Å². The van der Waals surface area contributed by atoms with Gasteiger partial charge in [-0.25, -0.2) is 0 Å². The number of fused-ring (bicyclic) bond motifs is 1. The van der Waals surface area contributed by atoms with Gasteiger partial charge in [-0.15, -0.1) is 0 Å². The van der Waals surface area contributed by atoms with Gasteiger partial charge in [0.15, 0.2) is 0 Å². The normalized spacial score (nSPS) is 16.1. The van der Waals surface area contributed by atoms with Crippen LogP contribution in [0.4, 0.5) is 13.2 Å². The van der Waals surface area contributed by atoms with Gasteiger partial charge in [0.2, 0.25) is 0 Å². The zero-order valence-electron chi connectivity index (χ0n) is 16.5. The van der Waals surface area contributed by atoms with Crippen LogP contribution in [0.1, 0.15) is 16.7 Å². The fourth-order valence-electron chi connectivity index (χ4n) is 3.58. The number of hydrogen-bond acceptors (Lipinski definition) is 4. The van der Waals surface area contributed by atoms with Crippen molar-refractivity contribution in [2.75, 3.05) is 6.61 Å². The quantitative estimate of drug-likeness (QED) is 0.491. The number of rotatable bonds is 5. The fourth-order valence-corrected chi connectivity index (χ4v) is 4.52. The highest BCUT2D eigenvalue weighted by Crippen LogP contribution is 2.42. The molecular formula is C23H19F3O4S. The summed E-state index contributed by atoms with van der Waals surface area (Å²) >= 11 is 0. The second-order valence-corrected chi connectivity index (χ2v) is 8.94. The number of halogens is 3. The summed E-state index contributed by atoms with van der Waals surface area (Å²) in [4.78, 5) is 0.0356. The van der Waals surface area contributed by atoms with Gasteiger partial charge in [-0.2, -0.15) is 21.6 Å². The molecule has 1 unspecified atom stereocenters. The lowest BCUT2D eigenvalue weighted by molar-refractivity contribution is -0.137. The van der Waals surface area contributed by atoms with Crippen molar-refractivity contribution in [2.45, 2.75) is 30.5 Å². The van der Waals surface area contributed by atoms with Crippen molar-refractivity contribution in [1.82, 2.24) is 0 Å². The Hall–Kier alpha value is -2.84. The molecule has 0 fully saturated rings. The molecule has 4 rings (SSSR count). The molecule has 0 spiro atoms. The van der Waals surface area contributed by atoms with E-state index in [1.54, 1.807) is 36.4 Å². The van der Waals surface area contributed by atoms with Crippen molar-refractivity contribution < 1.29 is 30.5 Å². The molecule has 0 aromatic heterocycles. The molecule has 4 nitrogen and oxygen atoms in total. The SMILES string of the molecule is Cc1ccc(S(=O)(=O)OCC2Cc3c(cccc3-c3ccccc3C(F)(F)F)O2)cc1. The van der Waals surface area contributed by atoms with Gasteiger partial charge in [0, 0.05) is 12.0 Å². The van der Waals surface area contributed by atoms with Crippen molar-refractivity contribution in [3.8, 4) is 16.9 Å². The Morgan fingerprint density at radius 3 is 2.35 bits per heavy atom. The van der Waals surface area contributed by atoms with Crippen LogP contribution < -0.4 is 4.74 Å². The van der Waals surface area contributed by atoms with Gasteiger partial charge in [0.25, 0.3) is 10.1 Å². The Labute approximate surface area is 178 Å². The van der Waals surface area contributed by atoms with Crippen LogP contribution in [0.5, 0.6) is 5.75 Å². The topological polar surface area (TPSA) is 52.6 Å². The van der Waals surface area contributed by atoms with Gasteiger partial charge < -0.3 is 4.74 Å². The summed E-state index contributed by atoms with van der Waals surface area (Å²) < 4.78 is 76.2. The molecule has 1 heterocycles. The Morgan fingerprint density at radius 2 is 1.65 bits per heavy atom. The van der Waals surface area contributed by atoms with Gasteiger partial charge in [-0.05, 0) is 42.3 Å². The molecular weight excluding hydrogens is 429 g/mol. The zero-order valence-corrected chi connectivity index (χ0v) is 17.3. The average Bonchev–Trinajstić information content (AvgIpc) is 3.15. The summed E-state index contributed by atoms with van der Waals surface area (Å²) in [5, 5.41) is 0. The van der Waals surface area contributed by atoms with Crippen LogP contribution in [0.3, 0.4) is 0 Å². The molecule has 0 amide bonds. The predicted octanol–water partition coefficient (Wildman–Crippen LogP) is 5.39. The Balaban J connectivity index is 1.55. The minimum absolute atomic E-state index is 0.0356. The number of aryl methyl sites for hydroxylation is 1. The largest absolute Gasteiger partial charge is 0.487 e. The highest BCUT2D eigenvalue weighted by Gasteiger charge is 2.35. The summed E-state index contributed by atoms with van der Waals surface area (Å²) in [6.45, 7) is 1.60. The van der Waals surface area contributed by atoms with E-state index in [4.69, 9.17) is 8.92 Å². The lowest BCUT2D eigenvalue weighted by atomic mass is 9.93. The molecule has 1 aliphatic heterocycles. The maximum atomic E-state index is 13.5. The molecule has 3 aromatic carbocycles. The van der Waals surface area contributed by atoms with Gasteiger partial charge >= 0.3 is 6.18 Å².